The van der Waals surface area contributed by atoms with E-state index in [1.807, 2.05) is 6.92 Å². The summed E-state index contributed by atoms with van der Waals surface area (Å²) in [5.41, 5.74) is -0.496. The van der Waals surface area contributed by atoms with E-state index in [0.717, 1.165) is 128 Å². The minimum atomic E-state index is -0.769. The van der Waals surface area contributed by atoms with Gasteiger partial charge in [0.1, 0.15) is 23.8 Å². The van der Waals surface area contributed by atoms with Gasteiger partial charge in [0, 0.05) is 76.5 Å². The molecule has 0 bridgehead atoms. The van der Waals surface area contributed by atoms with Gasteiger partial charge in [0.2, 0.25) is 0 Å². The van der Waals surface area contributed by atoms with Crippen molar-refractivity contribution < 1.29 is 104 Å². The van der Waals surface area contributed by atoms with E-state index >= 15 is 0 Å². The molecule has 758 valence electrons. The van der Waals surface area contributed by atoms with Gasteiger partial charge in [-0.2, -0.15) is 0 Å². The third kappa shape index (κ3) is 18.0. The number of hydrogen-bond donors (Lipinski definition) is 7. The molecule has 132 heavy (non-hydrogen) atoms. The van der Waals surface area contributed by atoms with Crippen molar-refractivity contribution in [1.29, 1.82) is 0 Å². The second-order valence-corrected chi connectivity index (χ2v) is 50.8. The fraction of sp³-hybridized carbons (Fsp3) is 0.927. The number of epoxide rings is 1. The summed E-state index contributed by atoms with van der Waals surface area (Å²) in [4.78, 5) is 100. The van der Waals surface area contributed by atoms with Crippen molar-refractivity contribution in [2.24, 2.45) is 221 Å². The number of carbonyl (C=O) groups is 8. The molecule has 17 fully saturated rings. The van der Waals surface area contributed by atoms with E-state index < -0.39 is 30.3 Å². The Morgan fingerprint density at radius 3 is 1.30 bits per heavy atom. The van der Waals surface area contributed by atoms with Crippen LogP contribution >= 0.6 is 22.6 Å². The molecule has 0 radical (unpaired) electrons. The van der Waals surface area contributed by atoms with E-state index in [2.05, 4.69) is 140 Å². The number of ketones is 2. The molecule has 1 heterocycles. The molecule has 17 aliphatic rings. The van der Waals surface area contributed by atoms with Gasteiger partial charge in [0.05, 0.1) is 60.9 Å². The molecule has 16 saturated carbocycles. The highest BCUT2D eigenvalue weighted by molar-refractivity contribution is 14.1. The molecular weight excluding hydrogens is 1790 g/mol. The summed E-state index contributed by atoms with van der Waals surface area (Å²) in [6, 6.07) is 0. The van der Waals surface area contributed by atoms with Crippen LogP contribution in [0, 0.1) is 221 Å². The number of fused-ring (bicyclic) bond motifs is 23. The summed E-state index contributed by atoms with van der Waals surface area (Å²) in [7, 11) is 2.93. The predicted octanol–water partition coefficient (Wildman–Crippen LogP) is 21.2. The molecule has 0 aromatic carbocycles. The smallest absolute Gasteiger partial charge is 0.305 e. The number of ether oxygens (including phenoxy) is 5. The number of hydrogen-bond acceptors (Lipinski definition) is 18. The molecule has 17 rings (SSSR count). The molecular formula is C110H184FIO20. The molecule has 0 spiro atoms. The van der Waals surface area contributed by atoms with Crippen LogP contribution in [0.5, 0.6) is 0 Å². The number of aliphatic hydroxyl groups is 5. The Hall–Kier alpha value is -3.42. The van der Waals surface area contributed by atoms with Crippen molar-refractivity contribution in [3.8, 4) is 0 Å². The highest BCUT2D eigenvalue weighted by Gasteiger charge is 2.79. The zero-order valence-electron chi connectivity index (χ0n) is 83.5. The third-order valence-corrected chi connectivity index (χ3v) is 45.8. The van der Waals surface area contributed by atoms with E-state index in [9.17, 15) is 74.1 Å². The van der Waals surface area contributed by atoms with Crippen LogP contribution < -0.4 is 0 Å². The topological polar surface area (TPSA) is 328 Å². The van der Waals surface area contributed by atoms with Crippen LogP contribution in [-0.4, -0.2) is 156 Å². The van der Waals surface area contributed by atoms with E-state index in [0.29, 0.717) is 103 Å². The number of carboxylic acid groups (broad SMARTS) is 2. The minimum Gasteiger partial charge on any atom is -0.481 e. The molecule has 16 aliphatic carbocycles. The first-order valence-corrected chi connectivity index (χ1v) is 53.5. The maximum absolute atomic E-state index is 14.5. The van der Waals surface area contributed by atoms with Gasteiger partial charge in [-0.1, -0.05) is 188 Å². The van der Waals surface area contributed by atoms with Crippen LogP contribution in [0.3, 0.4) is 0 Å². The van der Waals surface area contributed by atoms with Crippen molar-refractivity contribution in [2.75, 3.05) is 14.2 Å². The fourth-order valence-corrected chi connectivity index (χ4v) is 39.9. The van der Waals surface area contributed by atoms with Crippen LogP contribution in [0.25, 0.3) is 0 Å². The average Bonchev–Trinajstić information content (AvgIpc) is 1.39. The summed E-state index contributed by atoms with van der Waals surface area (Å²) in [5.74, 6) is 6.27. The second kappa shape index (κ2) is 40.9. The Morgan fingerprint density at radius 2 is 0.826 bits per heavy atom. The highest BCUT2D eigenvalue weighted by Crippen LogP contribution is 2.78. The Labute approximate surface area is 808 Å². The first-order chi connectivity index (χ1) is 60.6. The number of aliphatic hydroxyl groups excluding tert-OH is 5. The lowest BCUT2D eigenvalue weighted by Crippen LogP contribution is -2.68. The van der Waals surface area contributed by atoms with Crippen molar-refractivity contribution in [1.82, 2.24) is 0 Å². The standard InChI is InChI=1S/C29H45IO5.C29H46O5.C25H42O5.C25H40O5.2CH4.FH.H2/c1-8-18-21-13-15(2)11-12-28(21,5)24-23(26(18)35-17(4)31)20-10-9-19(16(3)14-22(32)34-7)29(20,6)27(30)25(24)33;1-8-18-21-13-15(2)11-12-28(21,5)24-23(25(18)33-17(4)30)20-10-9-19(16(3)14-22(31)32-7)29(20,6)27-26(24)34-27;2*1-5-15-18-11-14(26)8-9-24(18,3)22-19(27)12-25(4)16(13(2)10-20(28)29)6-7-17(25)21(22)23(15)30;;;;/h15-16,18-21,23-24,26-27H,8-14H2,1-7H3;15-16,18-21,23-27H,8-14H2,1-7H3;13-19,21-23,26-27,30H,5-12H2,1-4H3,(H,28,29);13-18,21-23,26,30H,5-12H2,1-4H3,(H,28,29);2*1H4;2*1H/t15-,16-,18-,19-,20?,21+,23?,24?,26-,27+,28+,29-;15-,16-,18-,19-,20?,21+,23?,24?,25-,26-,27-,28+,29-;13-,14-,15-,16-,17?,18+,19+,21?,22?,23-,24+,25-;13-,14-,15-,16-,17?,18+,21?,22?,23-,24+,25-;;;;/m1111..../s1. The number of halogens is 2. The SMILES string of the molecule is C.C.CC[C@H]1[C@@H](O)C2C3CC[C@H]([C@H](C)CC(=O)O)[C@@]3(C)CC(=O)C2[C@@]2(C)CC[C@@H](O)C[C@@H]12.CC[C@H]1[C@@H](O)C2C3CC[C@H]([C@H](C)CC(=O)O)[C@@]3(C)C[C@H](O)C2[C@@]2(C)CC[C@@H](O)C[C@@H]12.CC[C@H]1[C@@H](OC(C)=O)C2C3CC[C@H]([C@H](C)CC(=O)OC)[C@@]3(C)[C@@H](I)C(=O)C2[C@@]2(C)CC[C@@H](C)C[C@@H]12.CC[C@H]1[C@@H](OC(C)=O)C2C3CC[C@H]([C@H](C)CC(=O)OC)[C@@]3(C)[C@@H]3O[C@@H]3C2[C@@]2(C)CC[C@@H](C)C[C@@H]12.F.[HH]. The van der Waals surface area contributed by atoms with Crippen molar-refractivity contribution >= 4 is 70.0 Å². The van der Waals surface area contributed by atoms with Crippen LogP contribution in [0.15, 0.2) is 0 Å². The summed E-state index contributed by atoms with van der Waals surface area (Å²) < 4.78 is 29.2. The minimum absolute atomic E-state index is 0. The number of carboxylic acids is 2. The number of aliphatic carboxylic acids is 2. The predicted molar refractivity (Wildman–Crippen MR) is 520 cm³/mol. The maximum Gasteiger partial charge on any atom is 0.305 e. The van der Waals surface area contributed by atoms with Gasteiger partial charge in [-0.15, -0.1) is 0 Å². The van der Waals surface area contributed by atoms with Gasteiger partial charge in [0.15, 0.2) is 0 Å². The van der Waals surface area contributed by atoms with Gasteiger partial charge in [-0.3, -0.25) is 43.1 Å². The number of methoxy groups -OCH3 is 2. The average molecular weight is 1970 g/mol. The molecule has 0 aromatic rings. The van der Waals surface area contributed by atoms with E-state index in [1.54, 1.807) is 6.92 Å². The Morgan fingerprint density at radius 1 is 0.447 bits per heavy atom. The summed E-state index contributed by atoms with van der Waals surface area (Å²) in [5, 5.41) is 74.3. The van der Waals surface area contributed by atoms with E-state index in [1.165, 1.54) is 46.8 Å². The first kappa shape index (κ1) is 109. The van der Waals surface area contributed by atoms with Crippen molar-refractivity contribution in [3.05, 3.63) is 0 Å². The summed E-state index contributed by atoms with van der Waals surface area (Å²) in [6.07, 6.45) is 24.7. The van der Waals surface area contributed by atoms with Gasteiger partial charge in [-0.05, 0) is 327 Å². The zero-order chi connectivity index (χ0) is 94.5. The van der Waals surface area contributed by atoms with Crippen molar-refractivity contribution in [2.45, 2.75) is 405 Å². The second-order valence-electron chi connectivity index (χ2n) is 49.6. The molecule has 20 nitrogen and oxygen atoms in total. The maximum atomic E-state index is 14.5. The van der Waals surface area contributed by atoms with Crippen LogP contribution in [0.1, 0.15) is 347 Å². The summed E-state index contributed by atoms with van der Waals surface area (Å²) in [6.45, 7) is 43.9. The molecule has 1 saturated heterocycles. The molecule has 0 aromatic heterocycles. The van der Waals surface area contributed by atoms with Crippen LogP contribution in [0.4, 0.5) is 4.70 Å². The number of rotatable bonds is 18. The van der Waals surface area contributed by atoms with Gasteiger partial charge in [0.25, 0.3) is 0 Å². The van der Waals surface area contributed by atoms with Gasteiger partial charge in [-0.25, -0.2) is 0 Å². The first-order valence-electron chi connectivity index (χ1n) is 52.2. The highest BCUT2D eigenvalue weighted by atomic mass is 127. The molecule has 0 amide bonds. The lowest BCUT2D eigenvalue weighted by Gasteiger charge is -2.66. The lowest BCUT2D eigenvalue weighted by atomic mass is 9.40. The number of Topliss-reactive ketones (excluding diaryl/α,β-unsaturated/α-hetero) is 2. The Kier molecular flexibility index (Phi) is 33.8. The van der Waals surface area contributed by atoms with Crippen LogP contribution in [-0.2, 0) is 62.0 Å². The largest absolute Gasteiger partial charge is 0.481 e. The van der Waals surface area contributed by atoms with Crippen molar-refractivity contribution in [3.63, 3.8) is 0 Å². The quantitative estimate of drug-likeness (QED) is 0.0220. The third-order valence-electron chi connectivity index (χ3n) is 43.8. The molecule has 7 N–H and O–H groups in total. The molecule has 22 heteroatoms. The zero-order valence-corrected chi connectivity index (χ0v) is 85.7. The van der Waals surface area contributed by atoms with Gasteiger partial charge >= 0.3 is 35.8 Å². The molecule has 12 unspecified atom stereocenters. The van der Waals surface area contributed by atoms with E-state index in [4.69, 9.17) is 23.7 Å². The number of esters is 4. The monoisotopic (exact) mass is 1970 g/mol. The van der Waals surface area contributed by atoms with E-state index in [-0.39, 0.29) is 254 Å². The Balaban J connectivity index is 0.000000182. The number of carbonyl (C=O) groups excluding carboxylic acids is 6. The lowest BCUT2D eigenvalue weighted by molar-refractivity contribution is -0.235. The fourth-order valence-electron chi connectivity index (χ4n) is 38.6. The van der Waals surface area contributed by atoms with Crippen LogP contribution in [0.2, 0.25) is 0 Å². The van der Waals surface area contributed by atoms with Gasteiger partial charge < -0.3 is 59.4 Å². The molecule has 48 atom stereocenters. The summed E-state index contributed by atoms with van der Waals surface area (Å²) >= 11 is 2.45. The molecule has 1 aliphatic heterocycles. The Bertz CT molecular complexity index is 4080. The normalized spacial score (nSPS) is 50.0. The number of alkyl halides is 1.